The lowest BCUT2D eigenvalue weighted by atomic mass is 10.2. The molecule has 0 aliphatic carbocycles. The van der Waals surface area contributed by atoms with E-state index in [2.05, 4.69) is 22.1 Å². The molecule has 2 rings (SSSR count). The smallest absolute Gasteiger partial charge is 0.186 e. The van der Waals surface area contributed by atoms with Crippen LogP contribution >= 0.6 is 24.0 Å². The quantitative estimate of drug-likeness (QED) is 0.489. The highest BCUT2D eigenvalue weighted by Crippen LogP contribution is 2.16. The molecule has 0 saturated carbocycles. The second-order valence-corrected chi connectivity index (χ2v) is 3.82. The van der Waals surface area contributed by atoms with Gasteiger partial charge in [0.15, 0.2) is 5.96 Å². The van der Waals surface area contributed by atoms with Gasteiger partial charge in [-0.2, -0.15) is 0 Å². The molecule has 0 saturated heterocycles. The van der Waals surface area contributed by atoms with Crippen molar-refractivity contribution in [2.75, 3.05) is 0 Å². The van der Waals surface area contributed by atoms with E-state index in [1.54, 1.807) is 0 Å². The van der Waals surface area contributed by atoms with Crippen LogP contribution in [0.1, 0.15) is 11.4 Å². The minimum atomic E-state index is 0. The lowest BCUT2D eigenvalue weighted by molar-refractivity contribution is 0.812. The average Bonchev–Trinajstić information content (AvgIpc) is 2.52. The van der Waals surface area contributed by atoms with Crippen LogP contribution in [-0.4, -0.2) is 15.5 Å². The zero-order valence-electron chi connectivity index (χ0n) is 9.84. The van der Waals surface area contributed by atoms with E-state index in [-0.39, 0.29) is 29.9 Å². The summed E-state index contributed by atoms with van der Waals surface area (Å²) < 4.78 is 2.00. The predicted octanol–water partition coefficient (Wildman–Crippen LogP) is 1.27. The number of imidazole rings is 1. The van der Waals surface area contributed by atoms with Gasteiger partial charge in [0.2, 0.25) is 0 Å². The summed E-state index contributed by atoms with van der Waals surface area (Å²) in [6.07, 6.45) is 0. The van der Waals surface area contributed by atoms with Crippen LogP contribution in [0.15, 0.2) is 23.2 Å². The van der Waals surface area contributed by atoms with E-state index in [1.807, 2.05) is 24.6 Å². The number of rotatable bonds is 2. The minimum absolute atomic E-state index is 0. The molecule has 0 radical (unpaired) electrons. The van der Waals surface area contributed by atoms with Gasteiger partial charge in [0.05, 0.1) is 11.0 Å². The molecule has 0 bridgehead atoms. The molecule has 92 valence electrons. The van der Waals surface area contributed by atoms with Crippen LogP contribution in [-0.2, 0) is 13.6 Å². The maximum atomic E-state index is 5.30. The molecule has 0 amide bonds. The molecule has 17 heavy (non-hydrogen) atoms. The Bertz CT molecular complexity index is 554. The Morgan fingerprint density at radius 1 is 1.41 bits per heavy atom. The summed E-state index contributed by atoms with van der Waals surface area (Å²) in [5, 5.41) is 0. The van der Waals surface area contributed by atoms with Gasteiger partial charge in [-0.05, 0) is 24.6 Å². The van der Waals surface area contributed by atoms with Crippen molar-refractivity contribution in [2.24, 2.45) is 23.5 Å². The zero-order chi connectivity index (χ0) is 11.7. The molecule has 1 heterocycles. The summed E-state index contributed by atoms with van der Waals surface area (Å²) in [5.41, 5.74) is 13.9. The average molecular weight is 345 g/mol. The number of aromatic nitrogens is 2. The van der Waals surface area contributed by atoms with Gasteiger partial charge in [-0.25, -0.2) is 9.98 Å². The van der Waals surface area contributed by atoms with E-state index in [4.69, 9.17) is 11.5 Å². The fourth-order valence-electron chi connectivity index (χ4n) is 1.66. The first kappa shape index (κ1) is 13.8. The predicted molar refractivity (Wildman–Crippen MR) is 80.4 cm³/mol. The number of fused-ring (bicyclic) bond motifs is 1. The molecule has 2 aromatic rings. The third kappa shape index (κ3) is 2.87. The Hall–Kier alpha value is -1.31. The maximum Gasteiger partial charge on any atom is 0.186 e. The molecule has 1 aromatic carbocycles. The summed E-state index contributed by atoms with van der Waals surface area (Å²) in [6, 6.07) is 6.17. The highest BCUT2D eigenvalue weighted by Gasteiger charge is 2.06. The van der Waals surface area contributed by atoms with Crippen LogP contribution in [0, 0.1) is 6.92 Å². The molecule has 6 heteroatoms. The van der Waals surface area contributed by atoms with Crippen LogP contribution < -0.4 is 11.5 Å². The lowest BCUT2D eigenvalue weighted by Gasteiger charge is -1.99. The largest absolute Gasteiger partial charge is 0.370 e. The number of halogens is 1. The van der Waals surface area contributed by atoms with E-state index in [1.165, 1.54) is 5.56 Å². The van der Waals surface area contributed by atoms with Crippen molar-refractivity contribution in [3.8, 4) is 0 Å². The van der Waals surface area contributed by atoms with Crippen molar-refractivity contribution in [1.29, 1.82) is 0 Å². The van der Waals surface area contributed by atoms with Gasteiger partial charge in [-0.15, -0.1) is 24.0 Å². The van der Waals surface area contributed by atoms with Crippen LogP contribution in [0.3, 0.4) is 0 Å². The van der Waals surface area contributed by atoms with E-state index in [0.29, 0.717) is 6.54 Å². The number of nitrogens with zero attached hydrogens (tertiary/aromatic N) is 3. The van der Waals surface area contributed by atoms with Gasteiger partial charge in [0, 0.05) is 7.05 Å². The number of nitrogens with two attached hydrogens (primary N) is 2. The SMILES string of the molecule is Cc1ccc2c(c1)nc(CN=C(N)N)n2C.I. The summed E-state index contributed by atoms with van der Waals surface area (Å²) >= 11 is 0. The Labute approximate surface area is 117 Å². The van der Waals surface area contributed by atoms with Gasteiger partial charge in [-0.1, -0.05) is 6.07 Å². The second-order valence-electron chi connectivity index (χ2n) is 3.82. The Balaban J connectivity index is 0.00000144. The summed E-state index contributed by atoms with van der Waals surface area (Å²) in [4.78, 5) is 8.45. The first-order valence-corrected chi connectivity index (χ1v) is 5.05. The van der Waals surface area contributed by atoms with Gasteiger partial charge < -0.3 is 16.0 Å². The van der Waals surface area contributed by atoms with E-state index < -0.39 is 0 Å². The number of guanidine groups is 1. The molecule has 4 N–H and O–H groups in total. The van der Waals surface area contributed by atoms with Crippen molar-refractivity contribution in [3.05, 3.63) is 29.6 Å². The van der Waals surface area contributed by atoms with E-state index in [9.17, 15) is 0 Å². The standard InChI is InChI=1S/C11H15N5.HI/c1-7-3-4-9-8(5-7)15-10(16(9)2)6-14-11(12)13;/h3-5H,6H2,1-2H3,(H4,12,13,14);1H. The molecule has 0 spiro atoms. The van der Waals surface area contributed by atoms with Gasteiger partial charge in [0.1, 0.15) is 12.4 Å². The summed E-state index contributed by atoms with van der Waals surface area (Å²) in [5.74, 6) is 0.942. The highest BCUT2D eigenvalue weighted by atomic mass is 127. The molecular formula is C11H16IN5. The molecule has 0 unspecified atom stereocenters. The van der Waals surface area contributed by atoms with Crippen LogP contribution in [0.5, 0.6) is 0 Å². The van der Waals surface area contributed by atoms with Gasteiger partial charge >= 0.3 is 0 Å². The number of hydrogen-bond donors (Lipinski definition) is 2. The van der Waals surface area contributed by atoms with Crippen molar-refractivity contribution in [3.63, 3.8) is 0 Å². The summed E-state index contributed by atoms with van der Waals surface area (Å²) in [7, 11) is 1.96. The van der Waals surface area contributed by atoms with Crippen molar-refractivity contribution in [2.45, 2.75) is 13.5 Å². The van der Waals surface area contributed by atoms with E-state index >= 15 is 0 Å². The molecule has 0 aliphatic rings. The van der Waals surface area contributed by atoms with Gasteiger partial charge in [-0.3, -0.25) is 0 Å². The number of aliphatic imine (C=N–C) groups is 1. The van der Waals surface area contributed by atoms with Crippen LogP contribution in [0.2, 0.25) is 0 Å². The van der Waals surface area contributed by atoms with Crippen molar-refractivity contribution >= 4 is 41.0 Å². The number of hydrogen-bond acceptors (Lipinski definition) is 2. The maximum absolute atomic E-state index is 5.30. The van der Waals surface area contributed by atoms with Gasteiger partial charge in [0.25, 0.3) is 0 Å². The zero-order valence-corrected chi connectivity index (χ0v) is 12.2. The van der Waals surface area contributed by atoms with E-state index in [0.717, 1.165) is 16.9 Å². The third-order valence-corrected chi connectivity index (χ3v) is 2.53. The Morgan fingerprint density at radius 2 is 2.12 bits per heavy atom. The molecule has 0 fully saturated rings. The Morgan fingerprint density at radius 3 is 2.76 bits per heavy atom. The molecule has 5 nitrogen and oxygen atoms in total. The highest BCUT2D eigenvalue weighted by molar-refractivity contribution is 14.0. The number of benzene rings is 1. The lowest BCUT2D eigenvalue weighted by Crippen LogP contribution is -2.22. The fraction of sp³-hybridized carbons (Fsp3) is 0.273. The first-order valence-electron chi connectivity index (χ1n) is 5.05. The molecule has 1 aromatic heterocycles. The normalized spacial score (nSPS) is 10.0. The van der Waals surface area contributed by atoms with Crippen LogP contribution in [0.4, 0.5) is 0 Å². The van der Waals surface area contributed by atoms with Crippen molar-refractivity contribution in [1.82, 2.24) is 9.55 Å². The van der Waals surface area contributed by atoms with Crippen LogP contribution in [0.25, 0.3) is 11.0 Å². The third-order valence-electron chi connectivity index (χ3n) is 2.53. The molecular weight excluding hydrogens is 329 g/mol. The summed E-state index contributed by atoms with van der Waals surface area (Å²) in [6.45, 7) is 2.45. The molecule has 0 atom stereocenters. The fourth-order valence-corrected chi connectivity index (χ4v) is 1.66. The second kappa shape index (κ2) is 5.35. The first-order chi connectivity index (χ1) is 7.58. The Kier molecular flexibility index (Phi) is 4.33. The topological polar surface area (TPSA) is 82.2 Å². The van der Waals surface area contributed by atoms with Crippen molar-refractivity contribution < 1.29 is 0 Å². The molecule has 0 aliphatic heterocycles. The number of aryl methyl sites for hydroxylation is 2. The monoisotopic (exact) mass is 345 g/mol. The minimum Gasteiger partial charge on any atom is -0.370 e.